The Balaban J connectivity index is 1.40. The van der Waals surface area contributed by atoms with Crippen molar-refractivity contribution in [3.05, 3.63) is 146 Å². The lowest BCUT2D eigenvalue weighted by Crippen LogP contribution is -2.14. The Morgan fingerprint density at radius 3 is 1.53 bits per heavy atom. The number of para-hydroxylation sites is 1. The molecule has 0 saturated carbocycles. The van der Waals surface area contributed by atoms with E-state index in [1.54, 1.807) is 0 Å². The third-order valence-electron chi connectivity index (χ3n) is 7.74. The largest absolute Gasteiger partial charge is 0.453 e. The highest BCUT2D eigenvalue weighted by Crippen LogP contribution is 2.32. The number of hydrazone groups is 1. The van der Waals surface area contributed by atoms with Crippen LogP contribution in [0, 0.1) is 0 Å². The fourth-order valence-corrected chi connectivity index (χ4v) is 5.58. The number of benzene rings is 4. The predicted octanol–water partition coefficient (Wildman–Crippen LogP) is 6.44. The van der Waals surface area contributed by atoms with E-state index in [0.29, 0.717) is 5.13 Å². The standard InChI is InChI=1S/C44H35N3O16S/c1-5-38(48)58-23-54-33-16-13-27(20-35(33)56-25-60-40(50)7-3)42(52)62-30-15-18-32(29(19-30)22-45-47-44-46-31-11-9-10-12-37(31)64-44)63-43(53)28-14-17-34(55-24-59-39(49)6-2)36(21-28)57-26-61-41(51)8-4/h5-22H,1-4,23-26H2,(H,46,47)/b45-22+. The van der Waals surface area contributed by atoms with Gasteiger partial charge in [0.1, 0.15) is 11.5 Å². The number of anilines is 1. The van der Waals surface area contributed by atoms with Gasteiger partial charge in [-0.05, 0) is 66.7 Å². The summed E-state index contributed by atoms with van der Waals surface area (Å²) in [5, 5.41) is 4.72. The molecule has 0 bridgehead atoms. The van der Waals surface area contributed by atoms with Crippen LogP contribution in [0.4, 0.5) is 5.13 Å². The molecule has 0 fully saturated rings. The second kappa shape index (κ2) is 23.3. The summed E-state index contributed by atoms with van der Waals surface area (Å²) < 4.78 is 53.7. The van der Waals surface area contributed by atoms with Gasteiger partial charge in [-0.25, -0.2) is 33.8 Å². The molecule has 0 unspecified atom stereocenters. The molecule has 0 aliphatic carbocycles. The van der Waals surface area contributed by atoms with Crippen molar-refractivity contribution in [2.75, 3.05) is 32.6 Å². The molecule has 0 radical (unpaired) electrons. The Morgan fingerprint density at radius 2 is 1.03 bits per heavy atom. The first-order valence-corrected chi connectivity index (χ1v) is 19.0. The highest BCUT2D eigenvalue weighted by Gasteiger charge is 2.19. The first-order valence-electron chi connectivity index (χ1n) is 18.2. The third kappa shape index (κ3) is 13.6. The number of nitrogens with one attached hydrogen (secondary N) is 1. The number of carbonyl (C=O) groups excluding carboxylic acids is 6. The smallest absolute Gasteiger partial charge is 0.343 e. The summed E-state index contributed by atoms with van der Waals surface area (Å²) in [6, 6.07) is 19.3. The lowest BCUT2D eigenvalue weighted by molar-refractivity contribution is -0.146. The van der Waals surface area contributed by atoms with E-state index >= 15 is 0 Å². The lowest BCUT2D eigenvalue weighted by atomic mass is 10.1. The number of aromatic nitrogens is 1. The Hall–Kier alpha value is -8.78. The molecule has 5 aromatic rings. The van der Waals surface area contributed by atoms with Crippen molar-refractivity contribution in [2.24, 2.45) is 5.10 Å². The van der Waals surface area contributed by atoms with Gasteiger partial charge in [-0.2, -0.15) is 5.10 Å². The second-order valence-electron chi connectivity index (χ2n) is 11.9. The fraction of sp³-hybridized carbons (Fsp3) is 0.0909. The molecule has 0 amide bonds. The number of nitrogens with zero attached hydrogens (tertiary/aromatic N) is 2. The molecule has 1 heterocycles. The topological polar surface area (TPSA) is 232 Å². The van der Waals surface area contributed by atoms with E-state index in [4.69, 9.17) is 47.4 Å². The minimum Gasteiger partial charge on any atom is -0.453 e. The van der Waals surface area contributed by atoms with Crippen LogP contribution < -0.4 is 33.8 Å². The van der Waals surface area contributed by atoms with Crippen molar-refractivity contribution < 1.29 is 76.1 Å². The maximum atomic E-state index is 13.6. The van der Waals surface area contributed by atoms with Crippen LogP contribution in [0.15, 0.2) is 135 Å². The summed E-state index contributed by atoms with van der Waals surface area (Å²) in [5.74, 6) is -5.07. The van der Waals surface area contributed by atoms with Crippen molar-refractivity contribution in [1.82, 2.24) is 4.98 Å². The molecule has 4 aromatic carbocycles. The molecule has 5 rings (SSSR count). The first kappa shape index (κ1) is 46.3. The number of carbonyl (C=O) groups is 6. The van der Waals surface area contributed by atoms with E-state index in [-0.39, 0.29) is 51.2 Å². The van der Waals surface area contributed by atoms with Gasteiger partial charge in [0.15, 0.2) is 23.0 Å². The molecule has 1 aromatic heterocycles. The van der Waals surface area contributed by atoms with Gasteiger partial charge in [0.05, 0.1) is 27.6 Å². The molecule has 64 heavy (non-hydrogen) atoms. The zero-order valence-electron chi connectivity index (χ0n) is 33.4. The number of fused-ring (bicyclic) bond motifs is 1. The fourth-order valence-electron chi connectivity index (χ4n) is 4.76. The van der Waals surface area contributed by atoms with Crippen LogP contribution in [0.2, 0.25) is 0 Å². The van der Waals surface area contributed by atoms with E-state index in [0.717, 1.165) is 34.5 Å². The summed E-state index contributed by atoms with van der Waals surface area (Å²) in [6.07, 6.45) is 5.03. The monoisotopic (exact) mass is 893 g/mol. The summed E-state index contributed by atoms with van der Waals surface area (Å²) in [4.78, 5) is 77.7. The summed E-state index contributed by atoms with van der Waals surface area (Å²) in [5.41, 5.74) is 3.62. The van der Waals surface area contributed by atoms with Crippen molar-refractivity contribution >= 4 is 68.7 Å². The lowest BCUT2D eigenvalue weighted by Gasteiger charge is -2.15. The van der Waals surface area contributed by atoms with Gasteiger partial charge in [-0.3, -0.25) is 5.43 Å². The predicted molar refractivity (Wildman–Crippen MR) is 227 cm³/mol. The van der Waals surface area contributed by atoms with E-state index in [2.05, 4.69) is 41.8 Å². The van der Waals surface area contributed by atoms with E-state index in [1.165, 1.54) is 72.1 Å². The molecule has 19 nitrogen and oxygen atoms in total. The minimum atomic E-state index is -0.899. The molecule has 0 aliphatic rings. The number of hydrogen-bond donors (Lipinski definition) is 1. The maximum absolute atomic E-state index is 13.6. The number of ether oxygens (including phenoxy) is 10. The van der Waals surface area contributed by atoms with E-state index in [9.17, 15) is 28.8 Å². The molecule has 328 valence electrons. The Bertz CT molecular complexity index is 2590. The zero-order valence-corrected chi connectivity index (χ0v) is 34.2. The van der Waals surface area contributed by atoms with Crippen LogP contribution >= 0.6 is 11.3 Å². The quantitative estimate of drug-likeness (QED) is 0.0141. The molecule has 1 N–H and O–H groups in total. The number of rotatable bonds is 23. The van der Waals surface area contributed by atoms with Crippen molar-refractivity contribution in [3.8, 4) is 34.5 Å². The molecule has 0 aliphatic heterocycles. The zero-order chi connectivity index (χ0) is 45.8. The first-order chi connectivity index (χ1) is 31.0. The van der Waals surface area contributed by atoms with Crippen LogP contribution in [0.1, 0.15) is 26.3 Å². The van der Waals surface area contributed by atoms with Crippen molar-refractivity contribution in [2.45, 2.75) is 0 Å². The van der Waals surface area contributed by atoms with Crippen LogP contribution in [0.25, 0.3) is 10.2 Å². The van der Waals surface area contributed by atoms with Crippen LogP contribution in [0.3, 0.4) is 0 Å². The summed E-state index contributed by atoms with van der Waals surface area (Å²) in [6.45, 7) is 11.0. The van der Waals surface area contributed by atoms with Gasteiger partial charge in [0, 0.05) is 29.9 Å². The molecular weight excluding hydrogens is 859 g/mol. The number of esters is 6. The van der Waals surface area contributed by atoms with E-state index in [1.807, 2.05) is 24.3 Å². The highest BCUT2D eigenvalue weighted by atomic mass is 32.1. The Labute approximate surface area is 367 Å². The average Bonchev–Trinajstić information content (AvgIpc) is 3.73. The maximum Gasteiger partial charge on any atom is 0.343 e. The SMILES string of the molecule is C=CC(=O)OCOc1ccc(C(=O)Oc2ccc(OC(=O)c3ccc(OCOC(=O)C=C)c(OCOC(=O)C=C)c3)c(/C=N/Nc3nc4ccccc4s3)c2)cc1OCOC(=O)C=C. The van der Waals surface area contributed by atoms with Gasteiger partial charge >= 0.3 is 35.8 Å². The van der Waals surface area contributed by atoms with Gasteiger partial charge in [-0.15, -0.1) is 0 Å². The molecule has 0 atom stereocenters. The number of hydrogen-bond acceptors (Lipinski definition) is 20. The second-order valence-corrected chi connectivity index (χ2v) is 12.9. The van der Waals surface area contributed by atoms with Gasteiger partial charge in [-0.1, -0.05) is 49.8 Å². The van der Waals surface area contributed by atoms with E-state index < -0.39 is 63.0 Å². The van der Waals surface area contributed by atoms with Gasteiger partial charge < -0.3 is 47.4 Å². The van der Waals surface area contributed by atoms with Crippen LogP contribution in [-0.4, -0.2) is 74.2 Å². The normalized spacial score (nSPS) is 10.4. The Morgan fingerprint density at radius 1 is 0.562 bits per heavy atom. The van der Waals surface area contributed by atoms with Crippen LogP contribution in [0.5, 0.6) is 34.5 Å². The molecule has 0 saturated heterocycles. The van der Waals surface area contributed by atoms with Crippen molar-refractivity contribution in [3.63, 3.8) is 0 Å². The summed E-state index contributed by atoms with van der Waals surface area (Å²) >= 11 is 1.34. The summed E-state index contributed by atoms with van der Waals surface area (Å²) in [7, 11) is 0. The molecular formula is C44H35N3O16S. The van der Waals surface area contributed by atoms with Gasteiger partial charge in [0.25, 0.3) is 0 Å². The average molecular weight is 894 g/mol. The molecule has 20 heteroatoms. The molecule has 0 spiro atoms. The third-order valence-corrected chi connectivity index (χ3v) is 8.68. The van der Waals surface area contributed by atoms with Crippen molar-refractivity contribution in [1.29, 1.82) is 0 Å². The minimum absolute atomic E-state index is 0.00831. The Kier molecular flexibility index (Phi) is 16.8. The van der Waals surface area contributed by atoms with Crippen LogP contribution in [-0.2, 0) is 38.1 Å². The van der Waals surface area contributed by atoms with Gasteiger partial charge in [0.2, 0.25) is 32.3 Å². The number of thiazole rings is 1. The highest BCUT2D eigenvalue weighted by molar-refractivity contribution is 7.22.